The maximum Gasteiger partial charge on any atom is 0.111 e. The molecule has 0 bridgehead atoms. The lowest BCUT2D eigenvalue weighted by atomic mass is 9.95. The Morgan fingerprint density at radius 2 is 1.67 bits per heavy atom. The first-order valence-electron chi connectivity index (χ1n) is 5.00. The molecule has 0 amide bonds. The van der Waals surface area contributed by atoms with Gasteiger partial charge < -0.3 is 29.9 Å². The van der Waals surface area contributed by atoms with Crippen molar-refractivity contribution in [1.82, 2.24) is 0 Å². The number of rotatable bonds is 4. The molecule has 15 heavy (non-hydrogen) atoms. The topological polar surface area (TPSA) is 99.4 Å². The van der Waals surface area contributed by atoms with Crippen LogP contribution in [0.2, 0.25) is 0 Å². The summed E-state index contributed by atoms with van der Waals surface area (Å²) >= 11 is 0. The summed E-state index contributed by atoms with van der Waals surface area (Å²) in [5.74, 6) is 0. The minimum atomic E-state index is -1.32. The Hall–Kier alpha value is -0.240. The van der Waals surface area contributed by atoms with Gasteiger partial charge in [0, 0.05) is 6.61 Å². The Morgan fingerprint density at radius 3 is 2.20 bits per heavy atom. The summed E-state index contributed by atoms with van der Waals surface area (Å²) in [5.41, 5.74) is 0. The summed E-state index contributed by atoms with van der Waals surface area (Å²) in [7, 11) is 0. The molecule has 1 aliphatic heterocycles. The van der Waals surface area contributed by atoms with Crippen LogP contribution in [0.1, 0.15) is 6.92 Å². The largest absolute Gasteiger partial charge is 0.394 e. The second-order valence-electron chi connectivity index (χ2n) is 3.53. The smallest absolute Gasteiger partial charge is 0.111 e. The van der Waals surface area contributed by atoms with Crippen LogP contribution in [-0.2, 0) is 9.47 Å². The minimum absolute atomic E-state index is 0.123. The second-order valence-corrected chi connectivity index (χ2v) is 3.53. The zero-order chi connectivity index (χ0) is 11.4. The molecule has 6 nitrogen and oxygen atoms in total. The zero-order valence-corrected chi connectivity index (χ0v) is 8.61. The van der Waals surface area contributed by atoms with Crippen molar-refractivity contribution in [2.45, 2.75) is 37.4 Å². The van der Waals surface area contributed by atoms with Crippen molar-refractivity contribution >= 4 is 0 Å². The van der Waals surface area contributed by atoms with Crippen LogP contribution in [0.4, 0.5) is 0 Å². The fraction of sp³-hybridized carbons (Fsp3) is 1.00. The molecule has 0 aromatic rings. The molecule has 1 saturated heterocycles. The van der Waals surface area contributed by atoms with Crippen LogP contribution in [0, 0.1) is 0 Å². The van der Waals surface area contributed by atoms with Gasteiger partial charge in [-0.3, -0.25) is 0 Å². The van der Waals surface area contributed by atoms with Crippen LogP contribution in [0.3, 0.4) is 0 Å². The van der Waals surface area contributed by atoms with Gasteiger partial charge in [-0.1, -0.05) is 0 Å². The Morgan fingerprint density at radius 1 is 1.07 bits per heavy atom. The minimum Gasteiger partial charge on any atom is -0.394 e. The van der Waals surface area contributed by atoms with Crippen LogP contribution in [0.15, 0.2) is 0 Å². The molecule has 0 spiro atoms. The van der Waals surface area contributed by atoms with Gasteiger partial charge >= 0.3 is 0 Å². The van der Waals surface area contributed by atoms with Gasteiger partial charge in [0.15, 0.2) is 0 Å². The van der Waals surface area contributed by atoms with Crippen molar-refractivity contribution in [1.29, 1.82) is 0 Å². The van der Waals surface area contributed by atoms with Crippen LogP contribution < -0.4 is 0 Å². The molecule has 1 fully saturated rings. The maximum atomic E-state index is 9.55. The van der Waals surface area contributed by atoms with Crippen molar-refractivity contribution in [3.63, 3.8) is 0 Å². The highest BCUT2D eigenvalue weighted by Crippen LogP contribution is 2.21. The average molecular weight is 222 g/mol. The Balaban J connectivity index is 2.57. The number of aliphatic hydroxyl groups excluding tert-OH is 4. The third kappa shape index (κ3) is 2.87. The molecular weight excluding hydrogens is 204 g/mol. The average Bonchev–Trinajstić information content (AvgIpc) is 2.25. The summed E-state index contributed by atoms with van der Waals surface area (Å²) in [5, 5.41) is 37.3. The number of hydrogen-bond acceptors (Lipinski definition) is 6. The molecule has 90 valence electrons. The molecule has 0 aliphatic carbocycles. The molecule has 6 heteroatoms. The first-order valence-corrected chi connectivity index (χ1v) is 5.00. The molecule has 1 rings (SSSR count). The maximum absolute atomic E-state index is 9.55. The van der Waals surface area contributed by atoms with Gasteiger partial charge in [-0.2, -0.15) is 0 Å². The Labute approximate surface area is 88.1 Å². The van der Waals surface area contributed by atoms with E-state index in [1.165, 1.54) is 0 Å². The van der Waals surface area contributed by atoms with E-state index < -0.39 is 37.1 Å². The van der Waals surface area contributed by atoms with Crippen molar-refractivity contribution in [3.05, 3.63) is 0 Å². The summed E-state index contributed by atoms with van der Waals surface area (Å²) in [6, 6.07) is 0. The highest BCUT2D eigenvalue weighted by Gasteiger charge is 2.43. The molecule has 1 heterocycles. The number of hydrogen-bond donors (Lipinski definition) is 4. The summed E-state index contributed by atoms with van der Waals surface area (Å²) in [4.78, 5) is 0. The van der Waals surface area contributed by atoms with Gasteiger partial charge in [0.1, 0.15) is 30.5 Å². The molecular formula is C9H18O6. The van der Waals surface area contributed by atoms with E-state index >= 15 is 0 Å². The van der Waals surface area contributed by atoms with Crippen LogP contribution in [0.5, 0.6) is 0 Å². The van der Waals surface area contributed by atoms with Gasteiger partial charge in [-0.15, -0.1) is 0 Å². The van der Waals surface area contributed by atoms with E-state index in [2.05, 4.69) is 0 Å². The standard InChI is InChI=1S/C9H18O6/c1-2-14-4-6-8(12)9(13)7(11)5(3-10)15-6/h5-13H,2-4H2,1H3/t5?,6-,7-,8?,9?/m0/s1. The highest BCUT2D eigenvalue weighted by molar-refractivity contribution is 4.91. The van der Waals surface area contributed by atoms with E-state index in [-0.39, 0.29) is 6.61 Å². The normalized spacial score (nSPS) is 41.8. The third-order valence-corrected chi connectivity index (χ3v) is 2.48. The van der Waals surface area contributed by atoms with E-state index in [4.69, 9.17) is 14.6 Å². The lowest BCUT2D eigenvalue weighted by Gasteiger charge is -2.39. The second kappa shape index (κ2) is 5.74. The fourth-order valence-electron chi connectivity index (χ4n) is 1.55. The van der Waals surface area contributed by atoms with E-state index in [9.17, 15) is 15.3 Å². The quantitative estimate of drug-likeness (QED) is 0.433. The van der Waals surface area contributed by atoms with E-state index in [1.807, 2.05) is 0 Å². The predicted molar refractivity (Wildman–Crippen MR) is 50.3 cm³/mol. The lowest BCUT2D eigenvalue weighted by molar-refractivity contribution is -0.238. The monoisotopic (exact) mass is 222 g/mol. The molecule has 0 radical (unpaired) electrons. The van der Waals surface area contributed by atoms with Gasteiger partial charge in [-0.05, 0) is 6.92 Å². The number of ether oxygens (including phenoxy) is 2. The van der Waals surface area contributed by atoms with Crippen molar-refractivity contribution in [3.8, 4) is 0 Å². The summed E-state index contributed by atoms with van der Waals surface area (Å²) < 4.78 is 10.3. The molecule has 5 atom stereocenters. The van der Waals surface area contributed by atoms with Crippen LogP contribution in [0.25, 0.3) is 0 Å². The fourth-order valence-corrected chi connectivity index (χ4v) is 1.55. The van der Waals surface area contributed by atoms with Crippen LogP contribution in [-0.4, -0.2) is 70.8 Å². The first kappa shape index (κ1) is 12.8. The van der Waals surface area contributed by atoms with Gasteiger partial charge in [-0.25, -0.2) is 0 Å². The molecule has 3 unspecified atom stereocenters. The van der Waals surface area contributed by atoms with Crippen molar-refractivity contribution in [2.24, 2.45) is 0 Å². The molecule has 0 aromatic heterocycles. The molecule has 1 aliphatic rings. The van der Waals surface area contributed by atoms with Crippen molar-refractivity contribution in [2.75, 3.05) is 19.8 Å². The van der Waals surface area contributed by atoms with E-state index in [0.29, 0.717) is 6.61 Å². The highest BCUT2D eigenvalue weighted by atomic mass is 16.6. The SMILES string of the molecule is CCOC[C@@H]1OC(CO)[C@H](O)C(O)C1O. The number of aliphatic hydroxyl groups is 4. The van der Waals surface area contributed by atoms with Crippen molar-refractivity contribution < 1.29 is 29.9 Å². The van der Waals surface area contributed by atoms with E-state index in [1.54, 1.807) is 6.92 Å². The molecule has 0 aromatic carbocycles. The van der Waals surface area contributed by atoms with Gasteiger partial charge in [0.2, 0.25) is 0 Å². The molecule has 0 saturated carbocycles. The molecule has 4 N–H and O–H groups in total. The van der Waals surface area contributed by atoms with Gasteiger partial charge in [0.05, 0.1) is 13.2 Å². The van der Waals surface area contributed by atoms with E-state index in [0.717, 1.165) is 0 Å². The van der Waals surface area contributed by atoms with Gasteiger partial charge in [0.25, 0.3) is 0 Å². The third-order valence-electron chi connectivity index (χ3n) is 2.48. The zero-order valence-electron chi connectivity index (χ0n) is 8.61. The Kier molecular flexibility index (Phi) is 4.91. The van der Waals surface area contributed by atoms with Crippen LogP contribution >= 0.6 is 0 Å². The first-order chi connectivity index (χ1) is 7.11. The Bertz CT molecular complexity index is 185. The summed E-state index contributed by atoms with van der Waals surface area (Å²) in [6.07, 6.45) is -5.40. The lowest BCUT2D eigenvalue weighted by Crippen LogP contribution is -2.59. The summed E-state index contributed by atoms with van der Waals surface area (Å²) in [6.45, 7) is 1.98. The predicted octanol–water partition coefficient (Wildman–Crippen LogP) is -2.13.